The maximum absolute atomic E-state index is 11.9. The third-order valence-corrected chi connectivity index (χ3v) is 5.44. The predicted octanol–water partition coefficient (Wildman–Crippen LogP) is 0.641. The lowest BCUT2D eigenvalue weighted by Gasteiger charge is -2.35. The van der Waals surface area contributed by atoms with Crippen LogP contribution in [0.5, 0.6) is 5.75 Å². The molecule has 0 aliphatic carbocycles. The molecule has 7 heteroatoms. The van der Waals surface area contributed by atoms with E-state index in [9.17, 15) is 13.2 Å². The zero-order chi connectivity index (χ0) is 14.3. The van der Waals surface area contributed by atoms with Crippen LogP contribution in [0.3, 0.4) is 0 Å². The molecular weight excluding hydrogens is 280 g/mol. The highest BCUT2D eigenvalue weighted by Crippen LogP contribution is 2.35. The average molecular weight is 296 g/mol. The van der Waals surface area contributed by atoms with Crippen LogP contribution in [0.15, 0.2) is 18.2 Å². The summed E-state index contributed by atoms with van der Waals surface area (Å²) < 4.78 is 28.7. The predicted molar refractivity (Wildman–Crippen MR) is 76.0 cm³/mol. The lowest BCUT2D eigenvalue weighted by molar-refractivity contribution is -0.116. The number of nitrogens with one attached hydrogen (secondary N) is 1. The molecule has 1 saturated heterocycles. The molecule has 0 saturated carbocycles. The fourth-order valence-corrected chi connectivity index (χ4v) is 4.31. The van der Waals surface area contributed by atoms with Crippen molar-refractivity contribution in [1.29, 1.82) is 0 Å². The molecule has 1 N–H and O–H groups in total. The average Bonchev–Trinajstić information content (AvgIpc) is 2.51. The first-order chi connectivity index (χ1) is 9.48. The first-order valence-corrected chi connectivity index (χ1v) is 8.25. The quantitative estimate of drug-likeness (QED) is 0.823. The van der Waals surface area contributed by atoms with E-state index in [-0.39, 0.29) is 29.9 Å². The summed E-state index contributed by atoms with van der Waals surface area (Å²) in [5.41, 5.74) is 1.53. The SMILES string of the molecule is COc1ccc2c(c1)NC(=O)CC1CS(=O)(=O)CCN21. The molecule has 1 atom stereocenters. The Bertz CT molecular complexity index is 656. The number of fused-ring (bicyclic) bond motifs is 3. The van der Waals surface area contributed by atoms with Gasteiger partial charge in [-0.25, -0.2) is 8.42 Å². The molecule has 0 aromatic heterocycles. The fraction of sp³-hybridized carbons (Fsp3) is 0.462. The van der Waals surface area contributed by atoms with E-state index in [4.69, 9.17) is 4.74 Å². The standard InChI is InChI=1S/C13H16N2O4S/c1-19-10-2-3-12-11(7-10)14-13(16)6-9-8-20(17,18)5-4-15(9)12/h2-3,7,9H,4-6,8H2,1H3,(H,14,16). The Morgan fingerprint density at radius 1 is 1.40 bits per heavy atom. The molecule has 2 aliphatic heterocycles. The highest BCUT2D eigenvalue weighted by atomic mass is 32.2. The molecule has 20 heavy (non-hydrogen) atoms. The molecule has 0 bridgehead atoms. The lowest BCUT2D eigenvalue weighted by atomic mass is 10.1. The first-order valence-electron chi connectivity index (χ1n) is 6.43. The van der Waals surface area contributed by atoms with E-state index < -0.39 is 9.84 Å². The van der Waals surface area contributed by atoms with Crippen LogP contribution < -0.4 is 15.0 Å². The smallest absolute Gasteiger partial charge is 0.226 e. The van der Waals surface area contributed by atoms with Gasteiger partial charge in [0.2, 0.25) is 5.91 Å². The number of sulfone groups is 1. The molecule has 2 heterocycles. The number of ether oxygens (including phenoxy) is 1. The number of benzene rings is 1. The van der Waals surface area contributed by atoms with Crippen molar-refractivity contribution in [3.8, 4) is 5.75 Å². The topological polar surface area (TPSA) is 75.7 Å². The minimum Gasteiger partial charge on any atom is -0.497 e. The van der Waals surface area contributed by atoms with Crippen molar-refractivity contribution in [2.45, 2.75) is 12.5 Å². The number of carbonyl (C=O) groups excluding carboxylic acids is 1. The minimum atomic E-state index is -3.05. The summed E-state index contributed by atoms with van der Waals surface area (Å²) in [6.07, 6.45) is 0.191. The normalized spacial score (nSPS) is 24.1. The minimum absolute atomic E-state index is 0.0336. The number of hydrogen-bond donors (Lipinski definition) is 1. The van der Waals surface area contributed by atoms with Crippen molar-refractivity contribution >= 4 is 27.1 Å². The molecular formula is C13H16N2O4S. The molecule has 108 valence electrons. The summed E-state index contributed by atoms with van der Waals surface area (Å²) in [4.78, 5) is 13.9. The van der Waals surface area contributed by atoms with E-state index in [1.54, 1.807) is 13.2 Å². The van der Waals surface area contributed by atoms with E-state index in [0.29, 0.717) is 18.0 Å². The van der Waals surface area contributed by atoms with Crippen LogP contribution in [0.2, 0.25) is 0 Å². The number of rotatable bonds is 1. The van der Waals surface area contributed by atoms with Crippen molar-refractivity contribution in [3.63, 3.8) is 0 Å². The van der Waals surface area contributed by atoms with Crippen molar-refractivity contribution in [3.05, 3.63) is 18.2 Å². The number of anilines is 2. The van der Waals surface area contributed by atoms with Gasteiger partial charge in [-0.15, -0.1) is 0 Å². The maximum atomic E-state index is 11.9. The number of nitrogens with zero attached hydrogens (tertiary/aromatic N) is 1. The summed E-state index contributed by atoms with van der Waals surface area (Å²) in [5.74, 6) is 0.658. The van der Waals surface area contributed by atoms with Crippen molar-refractivity contribution in [1.82, 2.24) is 0 Å². The van der Waals surface area contributed by atoms with Crippen LogP contribution in [-0.2, 0) is 14.6 Å². The third kappa shape index (κ3) is 2.33. The number of hydrogen-bond acceptors (Lipinski definition) is 5. The van der Waals surface area contributed by atoms with Crippen molar-refractivity contribution in [2.75, 3.05) is 35.4 Å². The number of amides is 1. The monoisotopic (exact) mass is 296 g/mol. The second kappa shape index (κ2) is 4.66. The number of methoxy groups -OCH3 is 1. The molecule has 1 fully saturated rings. The van der Waals surface area contributed by atoms with Crippen LogP contribution in [0.1, 0.15) is 6.42 Å². The van der Waals surface area contributed by atoms with E-state index in [0.717, 1.165) is 5.69 Å². The molecule has 2 aliphatic rings. The van der Waals surface area contributed by atoms with E-state index >= 15 is 0 Å². The Morgan fingerprint density at radius 2 is 2.20 bits per heavy atom. The fourth-order valence-electron chi connectivity index (χ4n) is 2.78. The van der Waals surface area contributed by atoms with Crippen molar-refractivity contribution < 1.29 is 17.9 Å². The largest absolute Gasteiger partial charge is 0.497 e. The Kier molecular flexibility index (Phi) is 3.08. The van der Waals surface area contributed by atoms with E-state index in [1.807, 2.05) is 17.0 Å². The highest BCUT2D eigenvalue weighted by molar-refractivity contribution is 7.91. The zero-order valence-corrected chi connectivity index (χ0v) is 11.9. The molecule has 1 aromatic rings. The van der Waals surface area contributed by atoms with E-state index in [2.05, 4.69) is 5.32 Å². The number of carbonyl (C=O) groups is 1. The van der Waals surface area contributed by atoms with Crippen LogP contribution in [0.25, 0.3) is 0 Å². The third-order valence-electron chi connectivity index (χ3n) is 3.74. The van der Waals surface area contributed by atoms with Gasteiger partial charge < -0.3 is 15.0 Å². The molecule has 1 aromatic carbocycles. The molecule has 1 amide bonds. The van der Waals surface area contributed by atoms with Gasteiger partial charge in [0.15, 0.2) is 9.84 Å². The van der Waals surface area contributed by atoms with Crippen molar-refractivity contribution in [2.24, 2.45) is 0 Å². The summed E-state index contributed by atoms with van der Waals surface area (Å²) in [7, 11) is -1.49. The van der Waals surface area contributed by atoms with Gasteiger partial charge in [0.25, 0.3) is 0 Å². The summed E-state index contributed by atoms with van der Waals surface area (Å²) in [6.45, 7) is 0.418. The zero-order valence-electron chi connectivity index (χ0n) is 11.1. The second-order valence-corrected chi connectivity index (χ2v) is 7.33. The molecule has 3 rings (SSSR count). The molecule has 6 nitrogen and oxygen atoms in total. The van der Waals surface area contributed by atoms with Gasteiger partial charge in [0, 0.05) is 19.0 Å². The summed E-state index contributed by atoms with van der Waals surface area (Å²) in [6, 6.07) is 5.16. The molecule has 0 radical (unpaired) electrons. The molecule has 1 unspecified atom stereocenters. The van der Waals surface area contributed by atoms with Gasteiger partial charge in [-0.2, -0.15) is 0 Å². The lowest BCUT2D eigenvalue weighted by Crippen LogP contribution is -2.48. The van der Waals surface area contributed by atoms with E-state index in [1.165, 1.54) is 0 Å². The van der Waals surface area contributed by atoms with Gasteiger partial charge >= 0.3 is 0 Å². The first kappa shape index (κ1) is 13.2. The van der Waals surface area contributed by atoms with Gasteiger partial charge in [0.1, 0.15) is 5.75 Å². The van der Waals surface area contributed by atoms with Gasteiger partial charge in [-0.05, 0) is 12.1 Å². The Hall–Kier alpha value is -1.76. The highest BCUT2D eigenvalue weighted by Gasteiger charge is 2.35. The van der Waals surface area contributed by atoms with Gasteiger partial charge in [-0.1, -0.05) is 0 Å². The molecule has 0 spiro atoms. The van der Waals surface area contributed by atoms with Crippen LogP contribution in [0.4, 0.5) is 11.4 Å². The van der Waals surface area contributed by atoms with Crippen LogP contribution in [-0.4, -0.2) is 45.5 Å². The van der Waals surface area contributed by atoms with Gasteiger partial charge in [0.05, 0.1) is 36.0 Å². The second-order valence-electron chi connectivity index (χ2n) is 5.10. The van der Waals surface area contributed by atoms with Gasteiger partial charge in [-0.3, -0.25) is 4.79 Å². The maximum Gasteiger partial charge on any atom is 0.226 e. The Balaban J connectivity index is 2.04. The van der Waals surface area contributed by atoms with Crippen LogP contribution >= 0.6 is 0 Å². The van der Waals surface area contributed by atoms with Crippen LogP contribution in [0, 0.1) is 0 Å². The Morgan fingerprint density at radius 3 is 2.95 bits per heavy atom. The summed E-state index contributed by atoms with van der Waals surface area (Å²) >= 11 is 0. The summed E-state index contributed by atoms with van der Waals surface area (Å²) in [5, 5.41) is 2.83. The Labute approximate surface area is 117 Å².